The van der Waals surface area contributed by atoms with Gasteiger partial charge in [-0.3, -0.25) is 9.59 Å². The van der Waals surface area contributed by atoms with Gasteiger partial charge in [0.1, 0.15) is 0 Å². The minimum absolute atomic E-state index is 0.0985. The van der Waals surface area contributed by atoms with E-state index in [1.54, 1.807) is 11.3 Å². The SMILES string of the molecule is COC(=O)CCCCCNC(=O)CCc1cccs1. The predicted molar refractivity (Wildman–Crippen MR) is 76.1 cm³/mol. The van der Waals surface area contributed by atoms with Crippen molar-refractivity contribution in [2.75, 3.05) is 13.7 Å². The number of hydrogen-bond donors (Lipinski definition) is 1. The average molecular weight is 283 g/mol. The van der Waals surface area contributed by atoms with Crippen LogP contribution in [-0.2, 0) is 20.7 Å². The number of carbonyl (C=O) groups is 2. The van der Waals surface area contributed by atoms with Crippen LogP contribution in [0.4, 0.5) is 0 Å². The van der Waals surface area contributed by atoms with Crippen molar-refractivity contribution < 1.29 is 14.3 Å². The van der Waals surface area contributed by atoms with Crippen molar-refractivity contribution in [1.29, 1.82) is 0 Å². The van der Waals surface area contributed by atoms with Gasteiger partial charge < -0.3 is 10.1 Å². The lowest BCUT2D eigenvalue weighted by Crippen LogP contribution is -2.24. The molecule has 5 heteroatoms. The standard InChI is InChI=1S/C14H21NO3S/c1-18-14(17)7-3-2-4-10-15-13(16)9-8-12-6-5-11-19-12/h5-6,11H,2-4,7-10H2,1H3,(H,15,16). The third-order valence-electron chi connectivity index (χ3n) is 2.79. The molecule has 0 aliphatic rings. The number of nitrogens with one attached hydrogen (secondary N) is 1. The van der Waals surface area contributed by atoms with Crippen LogP contribution in [0.1, 0.15) is 37.0 Å². The maximum atomic E-state index is 11.5. The van der Waals surface area contributed by atoms with Gasteiger partial charge in [-0.15, -0.1) is 11.3 Å². The Bertz CT molecular complexity index is 376. The molecule has 0 aliphatic carbocycles. The molecule has 0 bridgehead atoms. The number of rotatable bonds is 9. The van der Waals surface area contributed by atoms with E-state index >= 15 is 0 Å². The summed E-state index contributed by atoms with van der Waals surface area (Å²) in [4.78, 5) is 23.6. The Balaban J connectivity index is 1.94. The predicted octanol–water partition coefficient (Wildman–Crippen LogP) is 2.53. The fourth-order valence-electron chi connectivity index (χ4n) is 1.68. The first-order chi connectivity index (χ1) is 9.22. The molecule has 106 valence electrons. The van der Waals surface area contributed by atoms with Gasteiger partial charge in [0, 0.05) is 24.3 Å². The Kier molecular flexibility index (Phi) is 7.89. The minimum Gasteiger partial charge on any atom is -0.469 e. The quantitative estimate of drug-likeness (QED) is 0.559. The van der Waals surface area contributed by atoms with Crippen LogP contribution in [0.15, 0.2) is 17.5 Å². The number of thiophene rings is 1. The Morgan fingerprint density at radius 1 is 1.26 bits per heavy atom. The molecule has 0 atom stereocenters. The topological polar surface area (TPSA) is 55.4 Å². The van der Waals surface area contributed by atoms with Crippen molar-refractivity contribution >= 4 is 23.2 Å². The van der Waals surface area contributed by atoms with Crippen LogP contribution in [0.25, 0.3) is 0 Å². The number of amides is 1. The molecule has 0 unspecified atom stereocenters. The van der Waals surface area contributed by atoms with Gasteiger partial charge >= 0.3 is 5.97 Å². The molecule has 1 aromatic rings. The normalized spacial score (nSPS) is 10.2. The monoisotopic (exact) mass is 283 g/mol. The first kappa shape index (κ1) is 15.7. The lowest BCUT2D eigenvalue weighted by atomic mass is 10.2. The first-order valence-corrected chi connectivity index (χ1v) is 7.46. The number of methoxy groups -OCH3 is 1. The largest absolute Gasteiger partial charge is 0.469 e. The molecule has 1 heterocycles. The molecule has 0 fully saturated rings. The van der Waals surface area contributed by atoms with Crippen molar-refractivity contribution in [3.05, 3.63) is 22.4 Å². The number of ether oxygens (including phenoxy) is 1. The fraction of sp³-hybridized carbons (Fsp3) is 0.571. The molecule has 0 saturated heterocycles. The molecule has 4 nitrogen and oxygen atoms in total. The second-order valence-electron chi connectivity index (χ2n) is 4.32. The Morgan fingerprint density at radius 3 is 2.79 bits per heavy atom. The molecule has 19 heavy (non-hydrogen) atoms. The number of esters is 1. The third kappa shape index (κ3) is 7.62. The molecular weight excluding hydrogens is 262 g/mol. The van der Waals surface area contributed by atoms with E-state index in [2.05, 4.69) is 10.1 Å². The molecule has 0 aromatic carbocycles. The third-order valence-corrected chi connectivity index (χ3v) is 3.72. The number of aryl methyl sites for hydroxylation is 1. The zero-order valence-corrected chi connectivity index (χ0v) is 12.1. The smallest absolute Gasteiger partial charge is 0.305 e. The highest BCUT2D eigenvalue weighted by atomic mass is 32.1. The van der Waals surface area contributed by atoms with Crippen molar-refractivity contribution in [2.45, 2.75) is 38.5 Å². The van der Waals surface area contributed by atoms with Gasteiger partial charge in [-0.2, -0.15) is 0 Å². The van der Waals surface area contributed by atoms with E-state index in [0.29, 0.717) is 19.4 Å². The van der Waals surface area contributed by atoms with Gasteiger partial charge in [-0.1, -0.05) is 12.5 Å². The summed E-state index contributed by atoms with van der Waals surface area (Å²) in [6, 6.07) is 4.05. The van der Waals surface area contributed by atoms with E-state index in [1.165, 1.54) is 12.0 Å². The maximum Gasteiger partial charge on any atom is 0.305 e. The number of hydrogen-bond acceptors (Lipinski definition) is 4. The summed E-state index contributed by atoms with van der Waals surface area (Å²) in [5.41, 5.74) is 0. The molecular formula is C14H21NO3S. The molecule has 1 N–H and O–H groups in total. The molecule has 1 aromatic heterocycles. The second kappa shape index (κ2) is 9.55. The molecule has 0 saturated carbocycles. The molecule has 0 aliphatic heterocycles. The Morgan fingerprint density at radius 2 is 2.11 bits per heavy atom. The summed E-state index contributed by atoms with van der Waals surface area (Å²) >= 11 is 1.68. The summed E-state index contributed by atoms with van der Waals surface area (Å²) < 4.78 is 4.55. The van der Waals surface area contributed by atoms with E-state index < -0.39 is 0 Å². The highest BCUT2D eigenvalue weighted by molar-refractivity contribution is 7.09. The maximum absolute atomic E-state index is 11.5. The van der Waals surface area contributed by atoms with Gasteiger partial charge in [0.15, 0.2) is 0 Å². The van der Waals surface area contributed by atoms with Crippen molar-refractivity contribution in [3.63, 3.8) is 0 Å². The van der Waals surface area contributed by atoms with Crippen LogP contribution in [0, 0.1) is 0 Å². The first-order valence-electron chi connectivity index (χ1n) is 6.58. The summed E-state index contributed by atoms with van der Waals surface area (Å²) in [6.07, 6.45) is 4.47. The molecule has 0 radical (unpaired) electrons. The Labute approximate surface area is 118 Å². The van der Waals surface area contributed by atoms with Crippen LogP contribution in [0.2, 0.25) is 0 Å². The van der Waals surface area contributed by atoms with Crippen LogP contribution in [0.3, 0.4) is 0 Å². The highest BCUT2D eigenvalue weighted by Crippen LogP contribution is 2.10. The van der Waals surface area contributed by atoms with E-state index in [4.69, 9.17) is 0 Å². The second-order valence-corrected chi connectivity index (χ2v) is 5.35. The van der Waals surface area contributed by atoms with E-state index in [1.807, 2.05) is 17.5 Å². The lowest BCUT2D eigenvalue weighted by molar-refractivity contribution is -0.140. The zero-order chi connectivity index (χ0) is 13.9. The molecule has 1 amide bonds. The van der Waals surface area contributed by atoms with Crippen LogP contribution in [-0.4, -0.2) is 25.5 Å². The van der Waals surface area contributed by atoms with E-state index in [0.717, 1.165) is 25.7 Å². The van der Waals surface area contributed by atoms with Crippen molar-refractivity contribution in [2.24, 2.45) is 0 Å². The van der Waals surface area contributed by atoms with Crippen molar-refractivity contribution in [3.8, 4) is 0 Å². The van der Waals surface area contributed by atoms with Gasteiger partial charge in [-0.05, 0) is 30.7 Å². The average Bonchev–Trinajstić information content (AvgIpc) is 2.93. The Hall–Kier alpha value is -1.36. The summed E-state index contributed by atoms with van der Waals surface area (Å²) in [6.45, 7) is 0.685. The number of carbonyl (C=O) groups excluding carboxylic acids is 2. The van der Waals surface area contributed by atoms with E-state index in [-0.39, 0.29) is 11.9 Å². The van der Waals surface area contributed by atoms with Gasteiger partial charge in [0.25, 0.3) is 0 Å². The number of unbranched alkanes of at least 4 members (excludes halogenated alkanes) is 2. The molecule has 0 spiro atoms. The highest BCUT2D eigenvalue weighted by Gasteiger charge is 2.03. The zero-order valence-electron chi connectivity index (χ0n) is 11.3. The van der Waals surface area contributed by atoms with Crippen LogP contribution in [0.5, 0.6) is 0 Å². The summed E-state index contributed by atoms with van der Waals surface area (Å²) in [5.74, 6) is -0.0682. The van der Waals surface area contributed by atoms with Gasteiger partial charge in [-0.25, -0.2) is 0 Å². The summed E-state index contributed by atoms with van der Waals surface area (Å²) in [7, 11) is 1.40. The minimum atomic E-state index is -0.167. The van der Waals surface area contributed by atoms with E-state index in [9.17, 15) is 9.59 Å². The van der Waals surface area contributed by atoms with Gasteiger partial charge in [0.05, 0.1) is 7.11 Å². The van der Waals surface area contributed by atoms with Crippen molar-refractivity contribution in [1.82, 2.24) is 5.32 Å². The lowest BCUT2D eigenvalue weighted by Gasteiger charge is -2.04. The molecule has 1 rings (SSSR count). The van der Waals surface area contributed by atoms with Gasteiger partial charge in [0.2, 0.25) is 5.91 Å². The van der Waals surface area contributed by atoms with Crippen LogP contribution < -0.4 is 5.32 Å². The summed E-state index contributed by atoms with van der Waals surface area (Å²) in [5, 5.41) is 4.92. The fourth-order valence-corrected chi connectivity index (χ4v) is 2.39. The van der Waals surface area contributed by atoms with Crippen LogP contribution >= 0.6 is 11.3 Å².